The summed E-state index contributed by atoms with van der Waals surface area (Å²) in [6, 6.07) is 17.2. The summed E-state index contributed by atoms with van der Waals surface area (Å²) in [5, 5.41) is 9.74. The molecule has 3 aromatic rings. The summed E-state index contributed by atoms with van der Waals surface area (Å²) >= 11 is 7.40. The second kappa shape index (κ2) is 7.51. The van der Waals surface area contributed by atoms with Crippen molar-refractivity contribution in [2.24, 2.45) is 0 Å². The molecule has 3 rings (SSSR count). The van der Waals surface area contributed by atoms with Gasteiger partial charge in [-0.1, -0.05) is 59.8 Å². The lowest BCUT2D eigenvalue weighted by atomic mass is 10.2. The highest BCUT2D eigenvalue weighted by molar-refractivity contribution is 7.99. The van der Waals surface area contributed by atoms with Gasteiger partial charge >= 0.3 is 5.97 Å². The van der Waals surface area contributed by atoms with Gasteiger partial charge in [0, 0.05) is 10.6 Å². The van der Waals surface area contributed by atoms with Crippen LogP contribution >= 0.6 is 23.4 Å². The van der Waals surface area contributed by atoms with Crippen molar-refractivity contribution in [3.8, 4) is 17.1 Å². The molecule has 7 heteroatoms. The number of carbonyl (C=O) groups excluding carboxylic acids is 1. The summed E-state index contributed by atoms with van der Waals surface area (Å²) in [4.78, 5) is 11.4. The van der Waals surface area contributed by atoms with E-state index < -0.39 is 0 Å². The molecule has 0 amide bonds. The van der Waals surface area contributed by atoms with Crippen LogP contribution in [0.5, 0.6) is 0 Å². The quantitative estimate of drug-likeness (QED) is 0.511. The van der Waals surface area contributed by atoms with Gasteiger partial charge in [0.2, 0.25) is 0 Å². The fraction of sp³-hybridized carbons (Fsp3) is 0.118. The normalized spacial score (nSPS) is 10.6. The van der Waals surface area contributed by atoms with E-state index in [0.717, 1.165) is 11.3 Å². The first kappa shape index (κ1) is 16.5. The fourth-order valence-corrected chi connectivity index (χ4v) is 3.14. The van der Waals surface area contributed by atoms with Crippen LogP contribution in [-0.2, 0) is 9.53 Å². The number of carbonyl (C=O) groups is 1. The average Bonchev–Trinajstić information content (AvgIpc) is 3.04. The van der Waals surface area contributed by atoms with Gasteiger partial charge in [0.15, 0.2) is 11.0 Å². The standard InChI is InChI=1S/C17H14ClN3O2S/c1-23-15(22)11-24-17-20-19-16(12-6-3-2-4-7-12)21(17)14-9-5-8-13(18)10-14/h2-10H,11H2,1H3. The van der Waals surface area contributed by atoms with E-state index in [2.05, 4.69) is 14.9 Å². The van der Waals surface area contributed by atoms with E-state index in [1.807, 2.05) is 53.1 Å². The first-order chi connectivity index (χ1) is 11.7. The third-order valence-electron chi connectivity index (χ3n) is 3.28. The van der Waals surface area contributed by atoms with Gasteiger partial charge in [-0.15, -0.1) is 10.2 Å². The minimum Gasteiger partial charge on any atom is -0.468 e. The number of esters is 1. The predicted octanol–water partition coefficient (Wildman–Crippen LogP) is 3.85. The van der Waals surface area contributed by atoms with Gasteiger partial charge in [-0.3, -0.25) is 9.36 Å². The number of halogens is 1. The maximum Gasteiger partial charge on any atom is 0.316 e. The average molecular weight is 360 g/mol. The summed E-state index contributed by atoms with van der Waals surface area (Å²) in [7, 11) is 1.36. The number of hydrogen-bond donors (Lipinski definition) is 0. The topological polar surface area (TPSA) is 57.0 Å². The number of aromatic nitrogens is 3. The Labute approximate surface area is 148 Å². The van der Waals surface area contributed by atoms with Crippen molar-refractivity contribution in [2.75, 3.05) is 12.9 Å². The van der Waals surface area contributed by atoms with Crippen LogP contribution < -0.4 is 0 Å². The second-order valence-corrected chi connectivity index (χ2v) is 6.23. The SMILES string of the molecule is COC(=O)CSc1nnc(-c2ccccc2)n1-c1cccc(Cl)c1. The van der Waals surface area contributed by atoms with Crippen molar-refractivity contribution < 1.29 is 9.53 Å². The Morgan fingerprint density at radius 1 is 1.17 bits per heavy atom. The molecule has 0 saturated heterocycles. The molecular formula is C17H14ClN3O2S. The van der Waals surface area contributed by atoms with Crippen LogP contribution in [0.25, 0.3) is 17.1 Å². The molecular weight excluding hydrogens is 346 g/mol. The van der Waals surface area contributed by atoms with Crippen LogP contribution in [-0.4, -0.2) is 33.6 Å². The third kappa shape index (κ3) is 3.60. The maximum absolute atomic E-state index is 11.4. The number of rotatable bonds is 5. The lowest BCUT2D eigenvalue weighted by molar-refractivity contribution is -0.137. The van der Waals surface area contributed by atoms with E-state index in [4.69, 9.17) is 11.6 Å². The zero-order chi connectivity index (χ0) is 16.9. The minimum absolute atomic E-state index is 0.157. The zero-order valence-corrected chi connectivity index (χ0v) is 14.4. The van der Waals surface area contributed by atoms with Gasteiger partial charge < -0.3 is 4.74 Å². The monoisotopic (exact) mass is 359 g/mol. The molecule has 0 aliphatic heterocycles. The van der Waals surface area contributed by atoms with Crippen molar-refractivity contribution in [3.05, 3.63) is 59.6 Å². The third-order valence-corrected chi connectivity index (χ3v) is 4.42. The van der Waals surface area contributed by atoms with E-state index in [1.165, 1.54) is 18.9 Å². The Kier molecular flexibility index (Phi) is 5.17. The van der Waals surface area contributed by atoms with E-state index >= 15 is 0 Å². The minimum atomic E-state index is -0.318. The van der Waals surface area contributed by atoms with Crippen molar-refractivity contribution in [2.45, 2.75) is 5.16 Å². The van der Waals surface area contributed by atoms with Crippen LogP contribution in [0.1, 0.15) is 0 Å². The first-order valence-electron chi connectivity index (χ1n) is 7.15. The van der Waals surface area contributed by atoms with Crippen LogP contribution in [0, 0.1) is 0 Å². The van der Waals surface area contributed by atoms with E-state index in [9.17, 15) is 4.79 Å². The molecule has 2 aromatic carbocycles. The number of methoxy groups -OCH3 is 1. The number of hydrogen-bond acceptors (Lipinski definition) is 5. The lowest BCUT2D eigenvalue weighted by Crippen LogP contribution is -2.05. The zero-order valence-electron chi connectivity index (χ0n) is 12.8. The molecule has 0 aliphatic carbocycles. The molecule has 0 aliphatic rings. The highest BCUT2D eigenvalue weighted by Crippen LogP contribution is 2.28. The first-order valence-corrected chi connectivity index (χ1v) is 8.52. The van der Waals surface area contributed by atoms with Crippen LogP contribution in [0.3, 0.4) is 0 Å². The molecule has 0 spiro atoms. The van der Waals surface area contributed by atoms with Crippen molar-refractivity contribution in [3.63, 3.8) is 0 Å². The fourth-order valence-electron chi connectivity index (χ4n) is 2.17. The maximum atomic E-state index is 11.4. The molecule has 0 atom stereocenters. The van der Waals surface area contributed by atoms with E-state index in [1.54, 1.807) is 6.07 Å². The highest BCUT2D eigenvalue weighted by Gasteiger charge is 2.17. The molecule has 24 heavy (non-hydrogen) atoms. The number of nitrogens with zero attached hydrogens (tertiary/aromatic N) is 3. The summed E-state index contributed by atoms with van der Waals surface area (Å²) in [6.07, 6.45) is 0. The van der Waals surface area contributed by atoms with Gasteiger partial charge in [-0.25, -0.2) is 0 Å². The van der Waals surface area contributed by atoms with Crippen LogP contribution in [0.15, 0.2) is 59.8 Å². The van der Waals surface area contributed by atoms with Crippen LogP contribution in [0.4, 0.5) is 0 Å². The van der Waals surface area contributed by atoms with E-state index in [0.29, 0.717) is 16.0 Å². The largest absolute Gasteiger partial charge is 0.468 e. The number of benzene rings is 2. The van der Waals surface area contributed by atoms with Gasteiger partial charge in [0.05, 0.1) is 18.6 Å². The molecule has 122 valence electrons. The Hall–Kier alpha value is -2.31. The van der Waals surface area contributed by atoms with Gasteiger partial charge in [0.25, 0.3) is 0 Å². The predicted molar refractivity (Wildman–Crippen MR) is 94.5 cm³/mol. The Morgan fingerprint density at radius 2 is 1.96 bits per heavy atom. The molecule has 0 fully saturated rings. The molecule has 0 radical (unpaired) electrons. The molecule has 1 heterocycles. The van der Waals surface area contributed by atoms with Gasteiger partial charge in [-0.05, 0) is 18.2 Å². The number of thioether (sulfide) groups is 1. The Morgan fingerprint density at radius 3 is 2.67 bits per heavy atom. The van der Waals surface area contributed by atoms with Crippen molar-refractivity contribution in [1.82, 2.24) is 14.8 Å². The molecule has 5 nitrogen and oxygen atoms in total. The molecule has 0 saturated carbocycles. The molecule has 0 N–H and O–H groups in total. The number of ether oxygens (including phenoxy) is 1. The molecule has 0 bridgehead atoms. The lowest BCUT2D eigenvalue weighted by Gasteiger charge is -2.10. The highest BCUT2D eigenvalue weighted by atomic mass is 35.5. The summed E-state index contributed by atoms with van der Waals surface area (Å²) in [5.74, 6) is 0.524. The Balaban J connectivity index is 2.07. The van der Waals surface area contributed by atoms with Crippen molar-refractivity contribution in [1.29, 1.82) is 0 Å². The second-order valence-electron chi connectivity index (χ2n) is 4.85. The Bertz CT molecular complexity index is 852. The summed E-state index contributed by atoms with van der Waals surface area (Å²) in [6.45, 7) is 0. The van der Waals surface area contributed by atoms with Crippen LogP contribution in [0.2, 0.25) is 5.02 Å². The summed E-state index contributed by atoms with van der Waals surface area (Å²) < 4.78 is 6.57. The van der Waals surface area contributed by atoms with Gasteiger partial charge in [0.1, 0.15) is 0 Å². The van der Waals surface area contributed by atoms with Crippen molar-refractivity contribution >= 4 is 29.3 Å². The molecule has 1 aromatic heterocycles. The summed E-state index contributed by atoms with van der Waals surface area (Å²) in [5.41, 5.74) is 1.76. The van der Waals surface area contributed by atoms with Gasteiger partial charge in [-0.2, -0.15) is 0 Å². The smallest absolute Gasteiger partial charge is 0.316 e. The molecule has 0 unspecified atom stereocenters. The van der Waals surface area contributed by atoms with E-state index in [-0.39, 0.29) is 11.7 Å².